The summed E-state index contributed by atoms with van der Waals surface area (Å²) < 4.78 is 5.80. The van der Waals surface area contributed by atoms with E-state index in [9.17, 15) is 4.79 Å². The Morgan fingerprint density at radius 2 is 2.17 bits per heavy atom. The van der Waals surface area contributed by atoms with Crippen LogP contribution in [0.15, 0.2) is 42.5 Å². The highest BCUT2D eigenvalue weighted by molar-refractivity contribution is 5.76. The number of amides is 1. The molecule has 1 aromatic rings. The molecule has 1 aromatic carbocycles. The van der Waals surface area contributed by atoms with Crippen molar-refractivity contribution in [3.05, 3.63) is 48.0 Å². The summed E-state index contributed by atoms with van der Waals surface area (Å²) in [6, 6.07) is 10.5. The number of allylic oxidation sites excluding steroid dienone is 2. The summed E-state index contributed by atoms with van der Waals surface area (Å²) in [4.78, 5) is 14.4. The first-order chi connectivity index (χ1) is 11.3. The molecule has 0 radical (unpaired) electrons. The minimum absolute atomic E-state index is 0.0931. The van der Waals surface area contributed by atoms with Gasteiger partial charge in [-0.2, -0.15) is 0 Å². The molecule has 0 unspecified atom stereocenters. The van der Waals surface area contributed by atoms with Gasteiger partial charge in [-0.3, -0.25) is 9.69 Å². The molecule has 1 aliphatic heterocycles. The van der Waals surface area contributed by atoms with E-state index in [0.29, 0.717) is 18.9 Å². The monoisotopic (exact) mass is 314 g/mol. The molecule has 4 nitrogen and oxygen atoms in total. The number of nitrogens with zero attached hydrogens (tertiary/aromatic N) is 1. The molecule has 2 aliphatic rings. The first-order valence-electron chi connectivity index (χ1n) is 8.61. The lowest BCUT2D eigenvalue weighted by Crippen LogP contribution is -2.47. The van der Waals surface area contributed by atoms with Crippen molar-refractivity contribution in [2.24, 2.45) is 5.92 Å². The van der Waals surface area contributed by atoms with Gasteiger partial charge in [0.2, 0.25) is 5.91 Å². The van der Waals surface area contributed by atoms with Crippen LogP contribution < -0.4 is 5.32 Å². The zero-order valence-electron chi connectivity index (χ0n) is 13.6. The molecular formula is C19H26N2O2. The van der Waals surface area contributed by atoms with Gasteiger partial charge in [0, 0.05) is 32.6 Å². The van der Waals surface area contributed by atoms with E-state index in [-0.39, 0.29) is 12.0 Å². The van der Waals surface area contributed by atoms with Crippen LogP contribution in [0.2, 0.25) is 0 Å². The van der Waals surface area contributed by atoms with E-state index in [1.807, 2.05) is 6.07 Å². The lowest BCUT2D eigenvalue weighted by molar-refractivity contribution is -0.123. The summed E-state index contributed by atoms with van der Waals surface area (Å²) in [5, 5.41) is 3.04. The Morgan fingerprint density at radius 3 is 2.96 bits per heavy atom. The van der Waals surface area contributed by atoms with E-state index in [4.69, 9.17) is 4.74 Å². The Hall–Kier alpha value is -1.65. The zero-order valence-corrected chi connectivity index (χ0v) is 13.6. The third-order valence-corrected chi connectivity index (χ3v) is 4.56. The van der Waals surface area contributed by atoms with Gasteiger partial charge >= 0.3 is 0 Å². The van der Waals surface area contributed by atoms with Gasteiger partial charge < -0.3 is 10.1 Å². The number of benzene rings is 1. The van der Waals surface area contributed by atoms with Gasteiger partial charge in [0.15, 0.2) is 0 Å². The van der Waals surface area contributed by atoms with Gasteiger partial charge in [-0.05, 0) is 24.3 Å². The van der Waals surface area contributed by atoms with Crippen molar-refractivity contribution in [2.75, 3.05) is 26.2 Å². The predicted molar refractivity (Wildman–Crippen MR) is 90.9 cm³/mol. The third kappa shape index (κ3) is 5.19. The number of carbonyl (C=O) groups is 1. The number of rotatable bonds is 6. The summed E-state index contributed by atoms with van der Waals surface area (Å²) in [6.45, 7) is 4.12. The predicted octanol–water partition coefficient (Wildman–Crippen LogP) is 2.36. The van der Waals surface area contributed by atoms with Crippen molar-refractivity contribution >= 4 is 5.91 Å². The molecular weight excluding hydrogens is 288 g/mol. The van der Waals surface area contributed by atoms with Crippen molar-refractivity contribution in [3.8, 4) is 0 Å². The van der Waals surface area contributed by atoms with E-state index < -0.39 is 0 Å². The second-order valence-electron chi connectivity index (χ2n) is 6.49. The van der Waals surface area contributed by atoms with Crippen molar-refractivity contribution in [1.29, 1.82) is 0 Å². The van der Waals surface area contributed by atoms with Crippen molar-refractivity contribution in [3.63, 3.8) is 0 Å². The van der Waals surface area contributed by atoms with Crippen LogP contribution in [-0.2, 0) is 16.1 Å². The Morgan fingerprint density at radius 1 is 1.30 bits per heavy atom. The largest absolute Gasteiger partial charge is 0.374 e. The second kappa shape index (κ2) is 8.27. The number of nitrogens with one attached hydrogen (secondary N) is 1. The molecule has 1 amide bonds. The van der Waals surface area contributed by atoms with Gasteiger partial charge in [-0.15, -0.1) is 0 Å². The quantitative estimate of drug-likeness (QED) is 0.820. The molecule has 1 N–H and O–H groups in total. The number of hydrogen-bond donors (Lipinski definition) is 1. The van der Waals surface area contributed by atoms with Crippen LogP contribution in [0.5, 0.6) is 0 Å². The standard InChI is InChI=1S/C19H26N2O2/c22-19(12-16-6-4-5-7-16)20-13-18-15-21(10-11-23-18)14-17-8-2-1-3-9-17/h1-4,6,8-9,16,18H,5,7,10-15H2,(H,20,22)/t16-,18+/m1/s1. The average molecular weight is 314 g/mol. The third-order valence-electron chi connectivity index (χ3n) is 4.56. The van der Waals surface area contributed by atoms with Crippen molar-refractivity contribution in [1.82, 2.24) is 10.2 Å². The Bertz CT molecular complexity index is 529. The minimum Gasteiger partial charge on any atom is -0.374 e. The molecule has 0 spiro atoms. The highest BCUT2D eigenvalue weighted by atomic mass is 16.5. The van der Waals surface area contributed by atoms with Crippen LogP contribution in [0.1, 0.15) is 24.8 Å². The molecule has 0 aromatic heterocycles. The van der Waals surface area contributed by atoms with Gasteiger partial charge in [0.1, 0.15) is 0 Å². The SMILES string of the molecule is O=C(C[C@@H]1C=CCC1)NC[C@H]1CN(Cc2ccccc2)CCO1. The topological polar surface area (TPSA) is 41.6 Å². The Balaban J connectivity index is 1.39. The van der Waals surface area contributed by atoms with Crippen LogP contribution in [0.25, 0.3) is 0 Å². The maximum atomic E-state index is 12.0. The molecule has 1 aliphatic carbocycles. The molecule has 23 heavy (non-hydrogen) atoms. The maximum Gasteiger partial charge on any atom is 0.220 e. The molecule has 1 heterocycles. The van der Waals surface area contributed by atoms with E-state index in [2.05, 4.69) is 46.6 Å². The van der Waals surface area contributed by atoms with Gasteiger partial charge in [0.25, 0.3) is 0 Å². The molecule has 124 valence electrons. The molecule has 0 saturated carbocycles. The summed E-state index contributed by atoms with van der Waals surface area (Å²) in [5.74, 6) is 0.571. The summed E-state index contributed by atoms with van der Waals surface area (Å²) in [7, 11) is 0. The van der Waals surface area contributed by atoms with Gasteiger partial charge in [-0.1, -0.05) is 42.5 Å². The fourth-order valence-electron chi connectivity index (χ4n) is 3.29. The van der Waals surface area contributed by atoms with E-state index in [1.54, 1.807) is 0 Å². The first-order valence-corrected chi connectivity index (χ1v) is 8.61. The summed E-state index contributed by atoms with van der Waals surface area (Å²) in [6.07, 6.45) is 7.26. The normalized spacial score (nSPS) is 24.7. The summed E-state index contributed by atoms with van der Waals surface area (Å²) >= 11 is 0. The first kappa shape index (κ1) is 16.2. The number of morpholine rings is 1. The Kier molecular flexibility index (Phi) is 5.83. The molecule has 2 atom stereocenters. The van der Waals surface area contributed by atoms with Crippen LogP contribution in [0.4, 0.5) is 0 Å². The fourth-order valence-corrected chi connectivity index (χ4v) is 3.29. The lowest BCUT2D eigenvalue weighted by Gasteiger charge is -2.33. The highest BCUT2D eigenvalue weighted by Crippen LogP contribution is 2.20. The van der Waals surface area contributed by atoms with Gasteiger partial charge in [0.05, 0.1) is 12.7 Å². The van der Waals surface area contributed by atoms with E-state index >= 15 is 0 Å². The van der Waals surface area contributed by atoms with E-state index in [0.717, 1.165) is 39.1 Å². The Labute approximate surface area is 138 Å². The molecule has 3 rings (SSSR count). The number of carbonyl (C=O) groups excluding carboxylic acids is 1. The molecule has 1 saturated heterocycles. The summed E-state index contributed by atoms with van der Waals surface area (Å²) in [5.41, 5.74) is 1.32. The second-order valence-corrected chi connectivity index (χ2v) is 6.49. The molecule has 0 bridgehead atoms. The van der Waals surface area contributed by atoms with Crippen LogP contribution >= 0.6 is 0 Å². The van der Waals surface area contributed by atoms with Crippen LogP contribution in [0.3, 0.4) is 0 Å². The number of hydrogen-bond acceptors (Lipinski definition) is 3. The van der Waals surface area contributed by atoms with Crippen molar-refractivity contribution < 1.29 is 9.53 Å². The van der Waals surface area contributed by atoms with E-state index in [1.165, 1.54) is 5.56 Å². The minimum atomic E-state index is 0.0931. The average Bonchev–Trinajstić information content (AvgIpc) is 3.07. The smallest absolute Gasteiger partial charge is 0.220 e. The fraction of sp³-hybridized carbons (Fsp3) is 0.526. The van der Waals surface area contributed by atoms with Crippen LogP contribution in [-0.4, -0.2) is 43.2 Å². The maximum absolute atomic E-state index is 12.0. The van der Waals surface area contributed by atoms with Crippen LogP contribution in [0, 0.1) is 5.92 Å². The van der Waals surface area contributed by atoms with Gasteiger partial charge in [-0.25, -0.2) is 0 Å². The highest BCUT2D eigenvalue weighted by Gasteiger charge is 2.21. The number of ether oxygens (including phenoxy) is 1. The van der Waals surface area contributed by atoms with Crippen molar-refractivity contribution in [2.45, 2.75) is 31.9 Å². The molecule has 1 fully saturated rings. The lowest BCUT2D eigenvalue weighted by atomic mass is 10.1. The zero-order chi connectivity index (χ0) is 15.9. The molecule has 4 heteroatoms.